The first-order valence-electron chi connectivity index (χ1n) is 10.3. The third kappa shape index (κ3) is 3.79. The van der Waals surface area contributed by atoms with Crippen LogP contribution in [0.4, 0.5) is 0 Å². The zero-order chi connectivity index (χ0) is 20.4. The summed E-state index contributed by atoms with van der Waals surface area (Å²) in [6.45, 7) is 4.49. The van der Waals surface area contributed by atoms with Gasteiger partial charge in [-0.15, -0.1) is 0 Å². The second-order valence-corrected chi connectivity index (χ2v) is 7.93. The lowest BCUT2D eigenvalue weighted by molar-refractivity contribution is -0.147. The van der Waals surface area contributed by atoms with E-state index in [4.69, 9.17) is 4.74 Å². The zero-order valence-electron chi connectivity index (χ0n) is 17.1. The molecule has 3 heterocycles. The van der Waals surface area contributed by atoms with Gasteiger partial charge >= 0.3 is 0 Å². The van der Waals surface area contributed by atoms with Gasteiger partial charge in [-0.1, -0.05) is 37.3 Å². The monoisotopic (exact) mass is 396 g/mol. The topological polar surface area (TPSA) is 76.5 Å². The van der Waals surface area contributed by atoms with E-state index in [1.807, 2.05) is 39.9 Å². The molecule has 4 rings (SSSR count). The molecule has 2 aliphatic heterocycles. The molecule has 1 aromatic heterocycles. The van der Waals surface area contributed by atoms with Gasteiger partial charge in [0, 0.05) is 20.1 Å². The lowest BCUT2D eigenvalue weighted by Crippen LogP contribution is -2.52. The van der Waals surface area contributed by atoms with Crippen molar-refractivity contribution in [3.05, 3.63) is 53.3 Å². The van der Waals surface area contributed by atoms with Crippen LogP contribution in [0.5, 0.6) is 0 Å². The van der Waals surface area contributed by atoms with E-state index in [0.29, 0.717) is 31.9 Å². The predicted molar refractivity (Wildman–Crippen MR) is 108 cm³/mol. The fourth-order valence-corrected chi connectivity index (χ4v) is 4.39. The van der Waals surface area contributed by atoms with Gasteiger partial charge in [-0.25, -0.2) is 0 Å². The molecule has 1 unspecified atom stereocenters. The number of amides is 2. The van der Waals surface area contributed by atoms with Crippen LogP contribution in [0.15, 0.2) is 36.4 Å². The third-order valence-corrected chi connectivity index (χ3v) is 6.18. The Balaban J connectivity index is 1.42. The maximum atomic E-state index is 13.1. The number of hydrogen-bond donors (Lipinski definition) is 1. The molecule has 1 aromatic carbocycles. The quantitative estimate of drug-likeness (QED) is 0.861. The highest BCUT2D eigenvalue weighted by molar-refractivity contribution is 5.92. The number of likely N-dealkylation sites (tertiary alicyclic amines) is 1. The van der Waals surface area contributed by atoms with Gasteiger partial charge in [0.25, 0.3) is 5.91 Å². The summed E-state index contributed by atoms with van der Waals surface area (Å²) in [5, 5.41) is 7.06. The summed E-state index contributed by atoms with van der Waals surface area (Å²) in [4.78, 5) is 27.0. The average Bonchev–Trinajstić information content (AvgIpc) is 3.18. The van der Waals surface area contributed by atoms with Crippen LogP contribution in [-0.4, -0.2) is 52.2 Å². The molecule has 1 saturated heterocycles. The largest absolute Gasteiger partial charge is 0.367 e. The van der Waals surface area contributed by atoms with Crippen molar-refractivity contribution < 1.29 is 14.3 Å². The van der Waals surface area contributed by atoms with Crippen LogP contribution in [-0.2, 0) is 22.7 Å². The maximum absolute atomic E-state index is 13.1. The summed E-state index contributed by atoms with van der Waals surface area (Å²) in [5.74, 6) is -0.0794. The molecular formula is C22H28N4O3. The van der Waals surface area contributed by atoms with Crippen molar-refractivity contribution in [1.82, 2.24) is 20.0 Å². The standard InChI is InChI=1S/C22H28N4O3/c1-3-18(16-7-5-4-6-8-16)21(28)25-11-9-22(10-12-25)15-26-17(14-29-22)13-19(24-26)20(27)23-2/h4-8,13,18H,3,9-12,14-15H2,1-2H3,(H,23,27). The van der Waals surface area contributed by atoms with Crippen molar-refractivity contribution in [3.63, 3.8) is 0 Å². The number of fused-ring (bicyclic) bond motifs is 1. The Morgan fingerprint density at radius 3 is 2.62 bits per heavy atom. The Kier molecular flexibility index (Phi) is 5.41. The molecule has 2 aromatic rings. The molecule has 1 spiro atoms. The Morgan fingerprint density at radius 1 is 1.24 bits per heavy atom. The number of carbonyl (C=O) groups excluding carboxylic acids is 2. The highest BCUT2D eigenvalue weighted by Crippen LogP contribution is 2.34. The first-order chi connectivity index (χ1) is 14.0. The molecule has 0 saturated carbocycles. The van der Waals surface area contributed by atoms with Crippen LogP contribution in [0, 0.1) is 0 Å². The molecule has 2 amide bonds. The minimum atomic E-state index is -0.315. The average molecular weight is 396 g/mol. The first kappa shape index (κ1) is 19.6. The fourth-order valence-electron chi connectivity index (χ4n) is 4.39. The highest BCUT2D eigenvalue weighted by atomic mass is 16.5. The van der Waals surface area contributed by atoms with E-state index in [9.17, 15) is 9.59 Å². The number of carbonyl (C=O) groups is 2. The van der Waals surface area contributed by atoms with Gasteiger partial charge in [-0.05, 0) is 30.9 Å². The molecular weight excluding hydrogens is 368 g/mol. The number of piperidine rings is 1. The van der Waals surface area contributed by atoms with Crippen molar-refractivity contribution in [2.45, 2.75) is 50.9 Å². The van der Waals surface area contributed by atoms with Crippen LogP contribution in [0.1, 0.15) is 53.8 Å². The van der Waals surface area contributed by atoms with Crippen LogP contribution in [0.25, 0.3) is 0 Å². The minimum Gasteiger partial charge on any atom is -0.367 e. The van der Waals surface area contributed by atoms with Crippen molar-refractivity contribution in [2.24, 2.45) is 0 Å². The van der Waals surface area contributed by atoms with Gasteiger partial charge in [0.05, 0.1) is 30.4 Å². The van der Waals surface area contributed by atoms with Crippen LogP contribution in [0.3, 0.4) is 0 Å². The lowest BCUT2D eigenvalue weighted by Gasteiger charge is -2.44. The molecule has 1 atom stereocenters. The molecule has 7 nitrogen and oxygen atoms in total. The second kappa shape index (κ2) is 7.99. The number of hydrogen-bond acceptors (Lipinski definition) is 4. The van der Waals surface area contributed by atoms with Gasteiger partial charge in [0.1, 0.15) is 0 Å². The van der Waals surface area contributed by atoms with E-state index < -0.39 is 0 Å². The normalized spacial score (nSPS) is 18.9. The van der Waals surface area contributed by atoms with E-state index in [1.165, 1.54) is 0 Å². The van der Waals surface area contributed by atoms with Crippen LogP contribution >= 0.6 is 0 Å². The predicted octanol–water partition coefficient (Wildman–Crippen LogP) is 2.33. The molecule has 2 aliphatic rings. The van der Waals surface area contributed by atoms with Crippen molar-refractivity contribution in [3.8, 4) is 0 Å². The number of aromatic nitrogens is 2. The Hall–Kier alpha value is -2.67. The maximum Gasteiger partial charge on any atom is 0.271 e. The van der Waals surface area contributed by atoms with Gasteiger partial charge in [0.2, 0.25) is 5.91 Å². The number of rotatable bonds is 4. The number of ether oxygens (including phenoxy) is 1. The molecule has 154 valence electrons. The number of nitrogens with zero attached hydrogens (tertiary/aromatic N) is 3. The van der Waals surface area contributed by atoms with Crippen molar-refractivity contribution in [1.29, 1.82) is 0 Å². The molecule has 1 fully saturated rings. The van der Waals surface area contributed by atoms with Gasteiger partial charge in [-0.3, -0.25) is 14.3 Å². The van der Waals surface area contributed by atoms with Gasteiger partial charge in [0.15, 0.2) is 5.69 Å². The van der Waals surface area contributed by atoms with E-state index in [1.54, 1.807) is 13.1 Å². The molecule has 7 heteroatoms. The lowest BCUT2D eigenvalue weighted by atomic mass is 9.88. The summed E-state index contributed by atoms with van der Waals surface area (Å²) in [6, 6.07) is 11.8. The van der Waals surface area contributed by atoms with E-state index in [2.05, 4.69) is 17.3 Å². The van der Waals surface area contributed by atoms with Crippen molar-refractivity contribution in [2.75, 3.05) is 20.1 Å². The summed E-state index contributed by atoms with van der Waals surface area (Å²) < 4.78 is 8.12. The Morgan fingerprint density at radius 2 is 1.97 bits per heavy atom. The number of nitrogens with one attached hydrogen (secondary N) is 1. The smallest absolute Gasteiger partial charge is 0.271 e. The van der Waals surface area contributed by atoms with E-state index in [-0.39, 0.29) is 23.3 Å². The van der Waals surface area contributed by atoms with E-state index in [0.717, 1.165) is 30.5 Å². The first-order valence-corrected chi connectivity index (χ1v) is 10.3. The summed E-state index contributed by atoms with van der Waals surface area (Å²) >= 11 is 0. The third-order valence-electron chi connectivity index (χ3n) is 6.18. The Labute approximate surface area is 171 Å². The highest BCUT2D eigenvalue weighted by Gasteiger charge is 2.41. The van der Waals surface area contributed by atoms with Crippen LogP contribution < -0.4 is 5.32 Å². The van der Waals surface area contributed by atoms with Crippen LogP contribution in [0.2, 0.25) is 0 Å². The fraction of sp³-hybridized carbons (Fsp3) is 0.500. The summed E-state index contributed by atoms with van der Waals surface area (Å²) in [6.07, 6.45) is 2.34. The van der Waals surface area contributed by atoms with Crippen molar-refractivity contribution >= 4 is 11.8 Å². The molecule has 29 heavy (non-hydrogen) atoms. The van der Waals surface area contributed by atoms with E-state index >= 15 is 0 Å². The Bertz CT molecular complexity index is 885. The molecule has 0 aliphatic carbocycles. The minimum absolute atomic E-state index is 0.0923. The molecule has 0 bridgehead atoms. The van der Waals surface area contributed by atoms with Gasteiger partial charge < -0.3 is 15.0 Å². The van der Waals surface area contributed by atoms with Gasteiger partial charge in [-0.2, -0.15) is 5.10 Å². The molecule has 0 radical (unpaired) electrons. The zero-order valence-corrected chi connectivity index (χ0v) is 17.1. The summed E-state index contributed by atoms with van der Waals surface area (Å²) in [5.41, 5.74) is 2.11. The second-order valence-electron chi connectivity index (χ2n) is 7.93. The summed E-state index contributed by atoms with van der Waals surface area (Å²) in [7, 11) is 1.60. The molecule has 1 N–H and O–H groups in total. The SMILES string of the molecule is CCC(C(=O)N1CCC2(CC1)Cn1nc(C(=O)NC)cc1CO2)c1ccccc1. The number of benzene rings is 1.